The van der Waals surface area contributed by atoms with Gasteiger partial charge in [-0.05, 0) is 6.42 Å². The highest BCUT2D eigenvalue weighted by Crippen LogP contribution is 1.99. The summed E-state index contributed by atoms with van der Waals surface area (Å²) in [6, 6.07) is 0. The van der Waals surface area contributed by atoms with Gasteiger partial charge in [0.2, 0.25) is 0 Å². The van der Waals surface area contributed by atoms with E-state index < -0.39 is 0 Å². The van der Waals surface area contributed by atoms with Crippen molar-refractivity contribution in [2.75, 3.05) is 32.2 Å². The van der Waals surface area contributed by atoms with Crippen LogP contribution in [-0.2, 0) is 14.3 Å². The largest absolute Gasteiger partial charge is 0.379 e. The summed E-state index contributed by atoms with van der Waals surface area (Å²) in [6.45, 7) is 6.34. The van der Waals surface area contributed by atoms with E-state index in [1.165, 1.54) is 11.8 Å². The molecule has 0 amide bonds. The van der Waals surface area contributed by atoms with Crippen molar-refractivity contribution in [3.8, 4) is 0 Å². The molecule has 0 bridgehead atoms. The Kier molecular flexibility index (Phi) is 9.98. The van der Waals surface area contributed by atoms with Crippen LogP contribution >= 0.6 is 11.8 Å². The predicted octanol–water partition coefficient (Wildman–Crippen LogP) is 1.71. The van der Waals surface area contributed by atoms with Crippen molar-refractivity contribution < 1.29 is 14.3 Å². The monoisotopic (exact) mass is 206 g/mol. The van der Waals surface area contributed by atoms with Crippen LogP contribution in [0.3, 0.4) is 0 Å². The van der Waals surface area contributed by atoms with E-state index in [0.29, 0.717) is 19.8 Å². The Morgan fingerprint density at radius 3 is 2.31 bits per heavy atom. The van der Waals surface area contributed by atoms with Crippen molar-refractivity contribution in [2.45, 2.75) is 20.3 Å². The SMILES string of the molecule is CCCOCCOCCSC(C)=O. The third-order valence-corrected chi connectivity index (χ3v) is 2.03. The maximum Gasteiger partial charge on any atom is 0.185 e. The van der Waals surface area contributed by atoms with Crippen LogP contribution in [0, 0.1) is 0 Å². The molecule has 4 heteroatoms. The summed E-state index contributed by atoms with van der Waals surface area (Å²) in [5, 5.41) is 0.144. The van der Waals surface area contributed by atoms with Crippen molar-refractivity contribution in [3.05, 3.63) is 0 Å². The van der Waals surface area contributed by atoms with E-state index in [2.05, 4.69) is 6.92 Å². The van der Waals surface area contributed by atoms with Crippen molar-refractivity contribution >= 4 is 16.9 Å². The molecule has 13 heavy (non-hydrogen) atoms. The Morgan fingerprint density at radius 2 is 1.77 bits per heavy atom. The summed E-state index contributed by atoms with van der Waals surface area (Å²) in [5.41, 5.74) is 0. The standard InChI is InChI=1S/C9H18O3S/c1-3-4-11-5-6-12-7-8-13-9(2)10/h3-8H2,1-2H3. The van der Waals surface area contributed by atoms with Gasteiger partial charge in [0.05, 0.1) is 19.8 Å². The highest BCUT2D eigenvalue weighted by Gasteiger charge is 1.93. The zero-order chi connectivity index (χ0) is 9.94. The fourth-order valence-corrected chi connectivity index (χ4v) is 1.20. The number of carbonyl (C=O) groups is 1. The minimum Gasteiger partial charge on any atom is -0.379 e. The molecule has 0 spiro atoms. The number of thioether (sulfide) groups is 1. The van der Waals surface area contributed by atoms with Crippen LogP contribution < -0.4 is 0 Å². The molecule has 0 aromatic heterocycles. The van der Waals surface area contributed by atoms with Gasteiger partial charge in [0, 0.05) is 19.3 Å². The second-order valence-electron chi connectivity index (χ2n) is 2.56. The fourth-order valence-electron chi connectivity index (χ4n) is 0.711. The van der Waals surface area contributed by atoms with Crippen molar-refractivity contribution in [3.63, 3.8) is 0 Å². The van der Waals surface area contributed by atoms with Gasteiger partial charge in [0.1, 0.15) is 0 Å². The van der Waals surface area contributed by atoms with Gasteiger partial charge in [-0.3, -0.25) is 4.79 Å². The Hall–Kier alpha value is -0.0600. The van der Waals surface area contributed by atoms with E-state index in [0.717, 1.165) is 18.8 Å². The van der Waals surface area contributed by atoms with Crippen LogP contribution in [0.4, 0.5) is 0 Å². The maximum absolute atomic E-state index is 10.5. The molecule has 78 valence electrons. The molecule has 0 rings (SSSR count). The van der Waals surface area contributed by atoms with Crippen LogP contribution in [-0.4, -0.2) is 37.3 Å². The smallest absolute Gasteiger partial charge is 0.185 e. The second-order valence-corrected chi connectivity index (χ2v) is 3.84. The second kappa shape index (κ2) is 10.0. The Balaban J connectivity index is 2.87. The van der Waals surface area contributed by atoms with Crippen LogP contribution in [0.1, 0.15) is 20.3 Å². The third kappa shape index (κ3) is 11.9. The van der Waals surface area contributed by atoms with Crippen molar-refractivity contribution in [2.24, 2.45) is 0 Å². The van der Waals surface area contributed by atoms with Crippen molar-refractivity contribution in [1.82, 2.24) is 0 Å². The number of hydrogen-bond donors (Lipinski definition) is 0. The topological polar surface area (TPSA) is 35.5 Å². The van der Waals surface area contributed by atoms with E-state index in [-0.39, 0.29) is 5.12 Å². The number of carbonyl (C=O) groups excluding carboxylic acids is 1. The quantitative estimate of drug-likeness (QED) is 0.566. The minimum absolute atomic E-state index is 0.144. The number of ether oxygens (including phenoxy) is 2. The van der Waals surface area contributed by atoms with Gasteiger partial charge in [0.25, 0.3) is 0 Å². The molecule has 0 aliphatic rings. The van der Waals surface area contributed by atoms with Crippen LogP contribution in [0.25, 0.3) is 0 Å². The van der Waals surface area contributed by atoms with Gasteiger partial charge in [-0.1, -0.05) is 18.7 Å². The molecule has 0 aromatic carbocycles. The first-order chi connectivity index (χ1) is 6.27. The molecule has 0 fully saturated rings. The summed E-state index contributed by atoms with van der Waals surface area (Å²) < 4.78 is 10.4. The molecule has 0 N–H and O–H groups in total. The van der Waals surface area contributed by atoms with Gasteiger partial charge >= 0.3 is 0 Å². The number of hydrogen-bond acceptors (Lipinski definition) is 4. The molecular weight excluding hydrogens is 188 g/mol. The number of rotatable bonds is 8. The first-order valence-corrected chi connectivity index (χ1v) is 5.54. The summed E-state index contributed by atoms with van der Waals surface area (Å²) in [5.74, 6) is 0.739. The fraction of sp³-hybridized carbons (Fsp3) is 0.889. The summed E-state index contributed by atoms with van der Waals surface area (Å²) in [4.78, 5) is 10.5. The van der Waals surface area contributed by atoms with E-state index in [1.807, 2.05) is 0 Å². The maximum atomic E-state index is 10.5. The molecule has 0 atom stereocenters. The molecule has 0 aromatic rings. The molecule has 0 saturated carbocycles. The van der Waals surface area contributed by atoms with E-state index in [1.54, 1.807) is 6.92 Å². The van der Waals surface area contributed by atoms with Crippen LogP contribution in [0.2, 0.25) is 0 Å². The zero-order valence-electron chi connectivity index (χ0n) is 8.38. The van der Waals surface area contributed by atoms with E-state index in [9.17, 15) is 4.79 Å². The predicted molar refractivity (Wildman–Crippen MR) is 55.1 cm³/mol. The first-order valence-electron chi connectivity index (χ1n) is 4.56. The van der Waals surface area contributed by atoms with E-state index in [4.69, 9.17) is 9.47 Å². The lowest BCUT2D eigenvalue weighted by atomic mass is 10.5. The van der Waals surface area contributed by atoms with Gasteiger partial charge in [-0.15, -0.1) is 0 Å². The van der Waals surface area contributed by atoms with Gasteiger partial charge in [0.15, 0.2) is 5.12 Å². The molecule has 0 heterocycles. The Labute approximate surface area is 84.2 Å². The summed E-state index contributed by atoms with van der Waals surface area (Å²) in [7, 11) is 0. The molecule has 0 aliphatic carbocycles. The van der Waals surface area contributed by atoms with Gasteiger partial charge in [-0.2, -0.15) is 0 Å². The molecule has 0 radical (unpaired) electrons. The lowest BCUT2D eigenvalue weighted by molar-refractivity contribution is -0.109. The Morgan fingerprint density at radius 1 is 1.15 bits per heavy atom. The average Bonchev–Trinajstić information content (AvgIpc) is 2.09. The third-order valence-electron chi connectivity index (χ3n) is 1.25. The molecule has 0 saturated heterocycles. The lowest BCUT2D eigenvalue weighted by Crippen LogP contribution is -2.07. The van der Waals surface area contributed by atoms with Crippen LogP contribution in [0.15, 0.2) is 0 Å². The average molecular weight is 206 g/mol. The molecular formula is C9H18O3S. The first kappa shape index (κ1) is 12.9. The van der Waals surface area contributed by atoms with Gasteiger partial charge < -0.3 is 9.47 Å². The summed E-state index contributed by atoms with van der Waals surface area (Å²) >= 11 is 1.29. The molecule has 3 nitrogen and oxygen atoms in total. The highest BCUT2D eigenvalue weighted by atomic mass is 32.2. The highest BCUT2D eigenvalue weighted by molar-refractivity contribution is 8.13. The van der Waals surface area contributed by atoms with Gasteiger partial charge in [-0.25, -0.2) is 0 Å². The molecule has 0 aliphatic heterocycles. The summed E-state index contributed by atoms with van der Waals surface area (Å²) in [6.07, 6.45) is 1.04. The molecule has 0 unspecified atom stereocenters. The zero-order valence-corrected chi connectivity index (χ0v) is 9.19. The van der Waals surface area contributed by atoms with E-state index >= 15 is 0 Å². The normalized spacial score (nSPS) is 10.3. The lowest BCUT2D eigenvalue weighted by Gasteiger charge is -2.03. The van der Waals surface area contributed by atoms with Crippen LogP contribution in [0.5, 0.6) is 0 Å². The van der Waals surface area contributed by atoms with Crippen molar-refractivity contribution in [1.29, 1.82) is 0 Å². The Bertz CT molecular complexity index is 128. The minimum atomic E-state index is 0.144.